The molecule has 1 fully saturated rings. The third-order valence-electron chi connectivity index (χ3n) is 4.29. The van der Waals surface area contributed by atoms with Crippen molar-refractivity contribution in [1.82, 2.24) is 4.72 Å². The zero-order chi connectivity index (χ0) is 20.5. The van der Waals surface area contributed by atoms with Crippen LogP contribution in [0.3, 0.4) is 0 Å². The van der Waals surface area contributed by atoms with Crippen molar-refractivity contribution in [1.29, 1.82) is 0 Å². The highest BCUT2D eigenvalue weighted by molar-refractivity contribution is 7.90. The molecule has 1 heterocycles. The normalized spacial score (nSPS) is 25.2. The second kappa shape index (κ2) is 8.24. The summed E-state index contributed by atoms with van der Waals surface area (Å²) < 4.78 is 74.5. The Labute approximate surface area is 164 Å². The van der Waals surface area contributed by atoms with Gasteiger partial charge in [-0.1, -0.05) is 17.7 Å². The molecule has 3 rings (SSSR count). The summed E-state index contributed by atoms with van der Waals surface area (Å²) in [4.78, 5) is 12.3. The Morgan fingerprint density at radius 3 is 2.68 bits per heavy atom. The molecule has 2 unspecified atom stereocenters. The second-order valence-corrected chi connectivity index (χ2v) is 8.57. The highest BCUT2D eigenvalue weighted by atomic mass is 35.5. The van der Waals surface area contributed by atoms with Gasteiger partial charge in [-0.25, -0.2) is 26.3 Å². The molecule has 1 aromatic rings. The molecule has 0 bridgehead atoms. The van der Waals surface area contributed by atoms with Crippen LogP contribution in [0.1, 0.15) is 6.42 Å². The average Bonchev–Trinajstić information content (AvgIpc) is 3.10. The molecule has 0 radical (unpaired) electrons. The minimum Gasteiger partial charge on any atom is -0.380 e. The van der Waals surface area contributed by atoms with Crippen molar-refractivity contribution in [2.45, 2.75) is 23.9 Å². The Hall–Kier alpha value is -1.88. The first-order valence-electron chi connectivity index (χ1n) is 8.26. The van der Waals surface area contributed by atoms with Crippen LogP contribution in [-0.4, -0.2) is 45.0 Å². The van der Waals surface area contributed by atoms with Crippen molar-refractivity contribution in [3.05, 3.63) is 52.6 Å². The highest BCUT2D eigenvalue weighted by Gasteiger charge is 2.41. The standard InChI is InChI=1S/C17H16ClF3N2O4S/c18-11-7-9(1-2-12(11)19)22-17(24)15-13(20)3-4-14(16(15)21)28(25,26)23-10-5-6-27-8-10/h1-4,7,10,14,16,23H,5-6,8H2,(H,22,24)/t10-,14?,16?/m0/s1. The van der Waals surface area contributed by atoms with Crippen molar-refractivity contribution in [3.63, 3.8) is 0 Å². The Morgan fingerprint density at radius 1 is 1.29 bits per heavy atom. The number of hydrogen-bond acceptors (Lipinski definition) is 4. The number of hydrogen-bond donors (Lipinski definition) is 2. The maximum Gasteiger partial charge on any atom is 0.257 e. The van der Waals surface area contributed by atoms with E-state index in [-0.39, 0.29) is 17.3 Å². The summed E-state index contributed by atoms with van der Waals surface area (Å²) >= 11 is 5.61. The van der Waals surface area contributed by atoms with Gasteiger partial charge in [-0.15, -0.1) is 0 Å². The summed E-state index contributed by atoms with van der Waals surface area (Å²) in [6.45, 7) is 0.519. The quantitative estimate of drug-likeness (QED) is 0.743. The van der Waals surface area contributed by atoms with Crippen molar-refractivity contribution < 1.29 is 31.1 Å². The van der Waals surface area contributed by atoms with Gasteiger partial charge in [0, 0.05) is 18.3 Å². The van der Waals surface area contributed by atoms with Crippen LogP contribution in [0.4, 0.5) is 18.9 Å². The van der Waals surface area contributed by atoms with Gasteiger partial charge in [-0.2, -0.15) is 0 Å². The summed E-state index contributed by atoms with van der Waals surface area (Å²) in [5.74, 6) is -3.13. The molecule has 1 aliphatic heterocycles. The van der Waals surface area contributed by atoms with E-state index in [1.54, 1.807) is 0 Å². The van der Waals surface area contributed by atoms with Crippen molar-refractivity contribution in [2.24, 2.45) is 0 Å². The SMILES string of the molecule is O=C(Nc1ccc(F)c(Cl)c1)C1=C(F)C=CC(S(=O)(=O)N[C@H]2CCOC2)C1F. The Balaban J connectivity index is 1.79. The van der Waals surface area contributed by atoms with E-state index < -0.39 is 50.6 Å². The largest absolute Gasteiger partial charge is 0.380 e. The van der Waals surface area contributed by atoms with E-state index in [0.29, 0.717) is 13.0 Å². The van der Waals surface area contributed by atoms with Crippen LogP contribution in [0.25, 0.3) is 0 Å². The zero-order valence-electron chi connectivity index (χ0n) is 14.3. The fourth-order valence-corrected chi connectivity index (χ4v) is 4.59. The van der Waals surface area contributed by atoms with E-state index in [0.717, 1.165) is 30.4 Å². The number of anilines is 1. The van der Waals surface area contributed by atoms with Crippen LogP contribution in [0.5, 0.6) is 0 Å². The number of carbonyl (C=O) groups is 1. The Morgan fingerprint density at radius 2 is 2.04 bits per heavy atom. The van der Waals surface area contributed by atoms with Gasteiger partial charge in [-0.3, -0.25) is 4.79 Å². The number of allylic oxidation sites excluding steroid dienone is 2. The summed E-state index contributed by atoms with van der Waals surface area (Å²) in [6.07, 6.45) is -0.433. The third-order valence-corrected chi connectivity index (χ3v) is 6.36. The monoisotopic (exact) mass is 436 g/mol. The number of rotatable bonds is 5. The van der Waals surface area contributed by atoms with E-state index in [2.05, 4.69) is 10.0 Å². The number of amides is 1. The van der Waals surface area contributed by atoms with Crippen LogP contribution >= 0.6 is 11.6 Å². The number of benzene rings is 1. The molecule has 0 spiro atoms. The van der Waals surface area contributed by atoms with Crippen LogP contribution < -0.4 is 10.0 Å². The molecule has 0 saturated carbocycles. The molecule has 1 amide bonds. The lowest BCUT2D eigenvalue weighted by Crippen LogP contribution is -2.46. The molecule has 1 aliphatic carbocycles. The number of ether oxygens (including phenoxy) is 1. The molecular weight excluding hydrogens is 421 g/mol. The lowest BCUT2D eigenvalue weighted by Gasteiger charge is -2.25. The molecule has 152 valence electrons. The minimum atomic E-state index is -4.23. The molecule has 2 aliphatic rings. The van der Waals surface area contributed by atoms with Gasteiger partial charge in [0.2, 0.25) is 10.0 Å². The number of nitrogens with one attached hydrogen (secondary N) is 2. The van der Waals surface area contributed by atoms with Crippen LogP contribution in [0.15, 0.2) is 41.8 Å². The number of sulfonamides is 1. The first-order chi connectivity index (χ1) is 13.2. The van der Waals surface area contributed by atoms with Crippen LogP contribution in [-0.2, 0) is 19.6 Å². The molecule has 1 saturated heterocycles. The molecule has 11 heteroatoms. The lowest BCUT2D eigenvalue weighted by molar-refractivity contribution is -0.113. The molecular formula is C17H16ClF3N2O4S. The van der Waals surface area contributed by atoms with E-state index in [4.69, 9.17) is 16.3 Å². The van der Waals surface area contributed by atoms with Crippen molar-refractivity contribution >= 4 is 33.2 Å². The van der Waals surface area contributed by atoms with E-state index in [1.165, 1.54) is 0 Å². The highest BCUT2D eigenvalue weighted by Crippen LogP contribution is 2.29. The smallest absolute Gasteiger partial charge is 0.257 e. The Bertz CT molecular complexity index is 946. The second-order valence-electron chi connectivity index (χ2n) is 6.29. The van der Waals surface area contributed by atoms with E-state index in [9.17, 15) is 26.4 Å². The number of halogens is 4. The molecule has 2 N–H and O–H groups in total. The first-order valence-corrected chi connectivity index (χ1v) is 10.2. The predicted octanol–water partition coefficient (Wildman–Crippen LogP) is 2.63. The molecule has 6 nitrogen and oxygen atoms in total. The summed E-state index contributed by atoms with van der Waals surface area (Å²) in [5, 5.41) is 0.106. The lowest BCUT2D eigenvalue weighted by atomic mass is 10.0. The first kappa shape index (κ1) is 20.8. The maximum absolute atomic E-state index is 14.9. The predicted molar refractivity (Wildman–Crippen MR) is 97.3 cm³/mol. The van der Waals surface area contributed by atoms with E-state index in [1.807, 2.05) is 0 Å². The van der Waals surface area contributed by atoms with Crippen molar-refractivity contribution in [2.75, 3.05) is 18.5 Å². The average molecular weight is 437 g/mol. The summed E-state index contributed by atoms with van der Waals surface area (Å²) in [5.41, 5.74) is -0.972. The summed E-state index contributed by atoms with van der Waals surface area (Å²) in [6, 6.07) is 2.67. The van der Waals surface area contributed by atoms with Gasteiger partial charge in [0.25, 0.3) is 5.91 Å². The van der Waals surface area contributed by atoms with Crippen LogP contribution in [0.2, 0.25) is 5.02 Å². The van der Waals surface area contributed by atoms with Gasteiger partial charge < -0.3 is 10.1 Å². The van der Waals surface area contributed by atoms with Gasteiger partial charge in [0.05, 0.1) is 17.2 Å². The Kier molecular flexibility index (Phi) is 6.13. The van der Waals surface area contributed by atoms with Crippen LogP contribution in [0, 0.1) is 5.82 Å². The number of alkyl halides is 1. The molecule has 0 aromatic heterocycles. The zero-order valence-corrected chi connectivity index (χ0v) is 15.9. The molecule has 28 heavy (non-hydrogen) atoms. The fourth-order valence-electron chi connectivity index (χ4n) is 2.87. The number of carbonyl (C=O) groups excluding carboxylic acids is 1. The molecule has 3 atom stereocenters. The maximum atomic E-state index is 14.9. The topological polar surface area (TPSA) is 84.5 Å². The van der Waals surface area contributed by atoms with Gasteiger partial charge >= 0.3 is 0 Å². The van der Waals surface area contributed by atoms with Gasteiger partial charge in [0.1, 0.15) is 16.9 Å². The van der Waals surface area contributed by atoms with Gasteiger partial charge in [-0.05, 0) is 30.7 Å². The van der Waals surface area contributed by atoms with Crippen molar-refractivity contribution in [3.8, 4) is 0 Å². The van der Waals surface area contributed by atoms with Gasteiger partial charge in [0.15, 0.2) is 6.17 Å². The fraction of sp³-hybridized carbons (Fsp3) is 0.353. The summed E-state index contributed by atoms with van der Waals surface area (Å²) in [7, 11) is -4.23. The van der Waals surface area contributed by atoms with E-state index >= 15 is 0 Å². The third kappa shape index (κ3) is 4.40. The minimum absolute atomic E-state index is 0.000843. The molecule has 1 aromatic carbocycles.